The van der Waals surface area contributed by atoms with Crippen molar-refractivity contribution in [1.82, 2.24) is 0 Å². The lowest BCUT2D eigenvalue weighted by molar-refractivity contribution is -0.137. The second-order valence-corrected chi connectivity index (χ2v) is 4.68. The van der Waals surface area contributed by atoms with Crippen molar-refractivity contribution in [1.29, 1.82) is 0 Å². The average molecular weight is 222 g/mol. The average Bonchev–Trinajstić information content (AvgIpc) is 2.18. The Kier molecular flexibility index (Phi) is 2.95. The molecule has 0 saturated heterocycles. The number of fused-ring (bicyclic) bond motifs is 1. The van der Waals surface area contributed by atoms with Gasteiger partial charge in [0.1, 0.15) is 5.82 Å². The second-order valence-electron chi connectivity index (χ2n) is 4.68. The highest BCUT2D eigenvalue weighted by molar-refractivity contribution is 5.68. The Morgan fingerprint density at radius 2 is 2.31 bits per heavy atom. The van der Waals surface area contributed by atoms with Crippen molar-refractivity contribution in [2.45, 2.75) is 32.1 Å². The summed E-state index contributed by atoms with van der Waals surface area (Å²) < 4.78 is 13.2. The molecule has 0 spiro atoms. The summed E-state index contributed by atoms with van der Waals surface area (Å²) in [5.74, 6) is -0.646. The molecule has 1 aliphatic carbocycles. The first-order valence-electron chi connectivity index (χ1n) is 5.56. The van der Waals surface area contributed by atoms with Crippen LogP contribution in [0.4, 0.5) is 4.39 Å². The number of carboxylic acid groups (broad SMARTS) is 1. The van der Waals surface area contributed by atoms with E-state index in [-0.39, 0.29) is 18.2 Å². The third-order valence-corrected chi connectivity index (χ3v) is 3.22. The first-order chi connectivity index (χ1) is 7.56. The zero-order valence-corrected chi connectivity index (χ0v) is 9.24. The van der Waals surface area contributed by atoms with Crippen LogP contribution >= 0.6 is 0 Å². The van der Waals surface area contributed by atoms with E-state index in [0.717, 1.165) is 24.0 Å². The van der Waals surface area contributed by atoms with Crippen molar-refractivity contribution < 1.29 is 14.3 Å². The van der Waals surface area contributed by atoms with Gasteiger partial charge in [0.15, 0.2) is 0 Å². The molecule has 0 radical (unpaired) electrons. The van der Waals surface area contributed by atoms with Crippen molar-refractivity contribution >= 4 is 5.97 Å². The summed E-state index contributed by atoms with van der Waals surface area (Å²) in [7, 11) is 0. The number of hydrogen-bond acceptors (Lipinski definition) is 1. The van der Waals surface area contributed by atoms with Crippen molar-refractivity contribution in [3.8, 4) is 0 Å². The van der Waals surface area contributed by atoms with Crippen LogP contribution in [0.2, 0.25) is 0 Å². The van der Waals surface area contributed by atoms with Crippen LogP contribution in [-0.2, 0) is 11.2 Å². The van der Waals surface area contributed by atoms with E-state index in [4.69, 9.17) is 5.11 Å². The van der Waals surface area contributed by atoms with Crippen LogP contribution in [0.5, 0.6) is 0 Å². The zero-order chi connectivity index (χ0) is 11.7. The first-order valence-corrected chi connectivity index (χ1v) is 5.56. The third kappa shape index (κ3) is 2.23. The van der Waals surface area contributed by atoms with Gasteiger partial charge in [-0.05, 0) is 47.9 Å². The van der Waals surface area contributed by atoms with Gasteiger partial charge in [0.05, 0.1) is 6.42 Å². The highest BCUT2D eigenvalue weighted by atomic mass is 19.1. The molecule has 1 aliphatic rings. The standard InChI is InChI=1S/C13H15FO2/c1-8-4-9-2-3-11(14)7-12(9)10(5-8)6-13(15)16/h2-3,7-8,10H,4-6H2,1H3,(H,15,16). The zero-order valence-electron chi connectivity index (χ0n) is 9.24. The second kappa shape index (κ2) is 4.24. The number of aliphatic carboxylic acids is 1. The highest BCUT2D eigenvalue weighted by Crippen LogP contribution is 2.37. The molecule has 86 valence electrons. The summed E-state index contributed by atoms with van der Waals surface area (Å²) in [4.78, 5) is 10.8. The fourth-order valence-electron chi connectivity index (χ4n) is 2.61. The molecule has 2 nitrogen and oxygen atoms in total. The quantitative estimate of drug-likeness (QED) is 0.835. The number of halogens is 1. The third-order valence-electron chi connectivity index (χ3n) is 3.22. The molecule has 0 amide bonds. The predicted molar refractivity (Wildman–Crippen MR) is 58.9 cm³/mol. The lowest BCUT2D eigenvalue weighted by Crippen LogP contribution is -2.19. The number of carboxylic acids is 1. The minimum absolute atomic E-state index is 0.0352. The van der Waals surface area contributed by atoms with Crippen LogP contribution in [0.3, 0.4) is 0 Å². The molecule has 1 aromatic carbocycles. The van der Waals surface area contributed by atoms with E-state index in [1.807, 2.05) is 0 Å². The van der Waals surface area contributed by atoms with Crippen molar-refractivity contribution in [3.63, 3.8) is 0 Å². The molecule has 2 unspecified atom stereocenters. The van der Waals surface area contributed by atoms with Crippen LogP contribution < -0.4 is 0 Å². The Morgan fingerprint density at radius 3 is 3.00 bits per heavy atom. The molecular formula is C13H15FO2. The Hall–Kier alpha value is -1.38. The van der Waals surface area contributed by atoms with Gasteiger partial charge >= 0.3 is 5.97 Å². The lowest BCUT2D eigenvalue weighted by atomic mass is 9.76. The Morgan fingerprint density at radius 1 is 1.56 bits per heavy atom. The fraction of sp³-hybridized carbons (Fsp3) is 0.462. The van der Waals surface area contributed by atoms with Crippen LogP contribution in [-0.4, -0.2) is 11.1 Å². The van der Waals surface area contributed by atoms with Gasteiger partial charge in [0.2, 0.25) is 0 Å². The number of rotatable bonds is 2. The number of hydrogen-bond donors (Lipinski definition) is 1. The molecule has 2 atom stereocenters. The molecule has 0 fully saturated rings. The molecule has 1 aromatic rings. The Labute approximate surface area is 94.1 Å². The maximum atomic E-state index is 13.2. The fourth-order valence-corrected chi connectivity index (χ4v) is 2.61. The monoisotopic (exact) mass is 222 g/mol. The summed E-state index contributed by atoms with van der Waals surface area (Å²) >= 11 is 0. The minimum Gasteiger partial charge on any atom is -0.481 e. The van der Waals surface area contributed by atoms with E-state index in [9.17, 15) is 9.18 Å². The lowest BCUT2D eigenvalue weighted by Gasteiger charge is -2.28. The Bertz CT molecular complexity index is 414. The summed E-state index contributed by atoms with van der Waals surface area (Å²) in [6.07, 6.45) is 1.86. The summed E-state index contributed by atoms with van der Waals surface area (Å²) in [5, 5.41) is 8.85. The maximum Gasteiger partial charge on any atom is 0.303 e. The van der Waals surface area contributed by atoms with Crippen LogP contribution in [0.25, 0.3) is 0 Å². The maximum absolute atomic E-state index is 13.2. The van der Waals surface area contributed by atoms with Crippen molar-refractivity contribution in [3.05, 3.63) is 35.1 Å². The van der Waals surface area contributed by atoms with Gasteiger partial charge in [0.25, 0.3) is 0 Å². The molecule has 16 heavy (non-hydrogen) atoms. The molecule has 0 bridgehead atoms. The van der Waals surface area contributed by atoms with Crippen LogP contribution in [0, 0.1) is 11.7 Å². The van der Waals surface area contributed by atoms with E-state index in [1.165, 1.54) is 12.1 Å². The van der Waals surface area contributed by atoms with Gasteiger partial charge in [0, 0.05) is 0 Å². The molecule has 0 saturated carbocycles. The van der Waals surface area contributed by atoms with E-state index in [2.05, 4.69) is 6.92 Å². The SMILES string of the molecule is CC1Cc2ccc(F)cc2C(CC(=O)O)C1. The molecule has 2 rings (SSSR count). The van der Waals surface area contributed by atoms with Gasteiger partial charge < -0.3 is 5.11 Å². The molecule has 1 N–H and O–H groups in total. The van der Waals surface area contributed by atoms with Crippen molar-refractivity contribution in [2.75, 3.05) is 0 Å². The summed E-state index contributed by atoms with van der Waals surface area (Å²) in [5.41, 5.74) is 1.99. The van der Waals surface area contributed by atoms with Gasteiger partial charge in [-0.25, -0.2) is 4.39 Å². The smallest absolute Gasteiger partial charge is 0.303 e. The van der Waals surface area contributed by atoms with Crippen LogP contribution in [0.1, 0.15) is 36.8 Å². The molecule has 0 aromatic heterocycles. The van der Waals surface area contributed by atoms with E-state index >= 15 is 0 Å². The van der Waals surface area contributed by atoms with E-state index in [0.29, 0.717) is 5.92 Å². The van der Waals surface area contributed by atoms with Gasteiger partial charge in [-0.1, -0.05) is 13.0 Å². The van der Waals surface area contributed by atoms with Crippen LogP contribution in [0.15, 0.2) is 18.2 Å². The normalized spacial score (nSPS) is 23.9. The summed E-state index contributed by atoms with van der Waals surface area (Å²) in [6, 6.07) is 4.73. The minimum atomic E-state index is -0.811. The molecule has 0 heterocycles. The van der Waals surface area contributed by atoms with Gasteiger partial charge in [-0.3, -0.25) is 4.79 Å². The van der Waals surface area contributed by atoms with Gasteiger partial charge in [-0.2, -0.15) is 0 Å². The van der Waals surface area contributed by atoms with Crippen molar-refractivity contribution in [2.24, 2.45) is 5.92 Å². The number of benzene rings is 1. The summed E-state index contributed by atoms with van der Waals surface area (Å²) in [6.45, 7) is 2.11. The molecule has 0 aliphatic heterocycles. The van der Waals surface area contributed by atoms with E-state index < -0.39 is 5.97 Å². The number of carbonyl (C=O) groups is 1. The molecular weight excluding hydrogens is 207 g/mol. The Balaban J connectivity index is 2.35. The van der Waals surface area contributed by atoms with Gasteiger partial charge in [-0.15, -0.1) is 0 Å². The van der Waals surface area contributed by atoms with E-state index in [1.54, 1.807) is 6.07 Å². The first kappa shape index (κ1) is 11.1. The topological polar surface area (TPSA) is 37.3 Å². The predicted octanol–water partition coefficient (Wildman–Crippen LogP) is 2.97. The largest absolute Gasteiger partial charge is 0.481 e. The highest BCUT2D eigenvalue weighted by Gasteiger charge is 2.26. The molecule has 3 heteroatoms.